The maximum Gasteiger partial charge on any atom is 0.227 e. The van der Waals surface area contributed by atoms with E-state index in [0.29, 0.717) is 18.5 Å². The van der Waals surface area contributed by atoms with Crippen LogP contribution in [0.1, 0.15) is 24.8 Å². The predicted molar refractivity (Wildman–Crippen MR) is 74.1 cm³/mol. The van der Waals surface area contributed by atoms with Crippen molar-refractivity contribution >= 4 is 5.91 Å². The van der Waals surface area contributed by atoms with Crippen molar-refractivity contribution in [3.8, 4) is 5.75 Å². The number of methoxy groups -OCH3 is 1. The van der Waals surface area contributed by atoms with Gasteiger partial charge in [0, 0.05) is 6.04 Å². The van der Waals surface area contributed by atoms with Crippen molar-refractivity contribution in [2.24, 2.45) is 0 Å². The highest BCUT2D eigenvalue weighted by molar-refractivity contribution is 5.80. The van der Waals surface area contributed by atoms with Gasteiger partial charge in [0.15, 0.2) is 0 Å². The van der Waals surface area contributed by atoms with Gasteiger partial charge in [-0.05, 0) is 37.0 Å². The van der Waals surface area contributed by atoms with Crippen LogP contribution in [-0.4, -0.2) is 30.0 Å². The third-order valence-corrected chi connectivity index (χ3v) is 4.09. The van der Waals surface area contributed by atoms with Crippen molar-refractivity contribution in [2.45, 2.75) is 37.8 Å². The molecule has 100 valence electrons. The number of rotatable bonds is 3. The van der Waals surface area contributed by atoms with E-state index in [1.165, 1.54) is 0 Å². The molecule has 1 aromatic carbocycles. The van der Waals surface area contributed by atoms with E-state index in [1.807, 2.05) is 24.3 Å². The molecule has 0 aliphatic carbocycles. The van der Waals surface area contributed by atoms with Gasteiger partial charge in [-0.2, -0.15) is 0 Å². The summed E-state index contributed by atoms with van der Waals surface area (Å²) < 4.78 is 5.20. The van der Waals surface area contributed by atoms with Gasteiger partial charge in [-0.25, -0.2) is 0 Å². The largest absolute Gasteiger partial charge is 0.497 e. The summed E-state index contributed by atoms with van der Waals surface area (Å²) in [5.41, 5.74) is 1.03. The van der Waals surface area contributed by atoms with Gasteiger partial charge in [-0.1, -0.05) is 24.3 Å². The lowest BCUT2D eigenvalue weighted by molar-refractivity contribution is -0.132. The second-order valence-electron chi connectivity index (χ2n) is 5.29. The fraction of sp³-hybridized carbons (Fsp3) is 0.438. The number of carbonyl (C=O) groups is 1. The summed E-state index contributed by atoms with van der Waals surface area (Å²) in [7, 11) is 1.65. The molecule has 0 N–H and O–H groups in total. The fourth-order valence-corrected chi connectivity index (χ4v) is 3.16. The van der Waals surface area contributed by atoms with Crippen molar-refractivity contribution in [1.82, 2.24) is 4.90 Å². The van der Waals surface area contributed by atoms with Crippen LogP contribution in [0.4, 0.5) is 0 Å². The highest BCUT2D eigenvalue weighted by Gasteiger charge is 2.36. The van der Waals surface area contributed by atoms with Crippen molar-refractivity contribution in [3.05, 3.63) is 42.0 Å². The molecule has 3 rings (SSSR count). The zero-order valence-electron chi connectivity index (χ0n) is 11.2. The molecule has 1 fully saturated rings. The zero-order chi connectivity index (χ0) is 13.2. The molecule has 2 aliphatic rings. The lowest BCUT2D eigenvalue weighted by Crippen LogP contribution is -2.42. The molecule has 2 aliphatic heterocycles. The summed E-state index contributed by atoms with van der Waals surface area (Å²) in [6.07, 6.45) is 8.15. The monoisotopic (exact) mass is 257 g/mol. The van der Waals surface area contributed by atoms with E-state index >= 15 is 0 Å². The molecule has 0 radical (unpaired) electrons. The molecule has 0 aromatic heterocycles. The molecule has 3 heteroatoms. The fourth-order valence-electron chi connectivity index (χ4n) is 3.16. The van der Waals surface area contributed by atoms with Crippen LogP contribution < -0.4 is 4.74 Å². The smallest absolute Gasteiger partial charge is 0.227 e. The summed E-state index contributed by atoms with van der Waals surface area (Å²) in [4.78, 5) is 14.6. The van der Waals surface area contributed by atoms with E-state index in [1.54, 1.807) is 7.11 Å². The highest BCUT2D eigenvalue weighted by Crippen LogP contribution is 2.32. The van der Waals surface area contributed by atoms with Crippen LogP contribution >= 0.6 is 0 Å². The lowest BCUT2D eigenvalue weighted by atomic mass is 10.1. The average Bonchev–Trinajstić information content (AvgIpc) is 2.69. The zero-order valence-corrected chi connectivity index (χ0v) is 11.2. The van der Waals surface area contributed by atoms with Crippen LogP contribution in [0.2, 0.25) is 0 Å². The van der Waals surface area contributed by atoms with Crippen LogP contribution in [0.5, 0.6) is 5.75 Å². The molecule has 0 spiro atoms. The Balaban J connectivity index is 1.73. The molecule has 19 heavy (non-hydrogen) atoms. The van der Waals surface area contributed by atoms with Crippen molar-refractivity contribution < 1.29 is 9.53 Å². The Morgan fingerprint density at radius 1 is 1.42 bits per heavy atom. The van der Waals surface area contributed by atoms with Crippen LogP contribution in [0, 0.1) is 0 Å². The summed E-state index contributed by atoms with van der Waals surface area (Å²) in [5.74, 6) is 1.05. The predicted octanol–water partition coefficient (Wildman–Crippen LogP) is 2.56. The van der Waals surface area contributed by atoms with Gasteiger partial charge in [-0.15, -0.1) is 0 Å². The first kappa shape index (κ1) is 12.3. The summed E-state index contributed by atoms with van der Waals surface area (Å²) in [5, 5.41) is 0. The molecular formula is C16H19NO2. The molecular weight excluding hydrogens is 238 g/mol. The topological polar surface area (TPSA) is 29.5 Å². The normalized spacial score (nSPS) is 24.6. The van der Waals surface area contributed by atoms with E-state index in [2.05, 4.69) is 17.1 Å². The minimum atomic E-state index is 0.241. The number of fused-ring (bicyclic) bond motifs is 2. The van der Waals surface area contributed by atoms with Gasteiger partial charge >= 0.3 is 0 Å². The number of nitrogens with zero attached hydrogens (tertiary/aromatic N) is 1. The molecule has 2 atom stereocenters. The first-order valence-electron chi connectivity index (χ1n) is 6.88. The minimum absolute atomic E-state index is 0.241. The maximum absolute atomic E-state index is 12.5. The van der Waals surface area contributed by atoms with Crippen LogP contribution in [0.25, 0.3) is 0 Å². The minimum Gasteiger partial charge on any atom is -0.497 e. The Bertz CT molecular complexity index is 509. The van der Waals surface area contributed by atoms with Crippen LogP contribution in [0.15, 0.2) is 36.4 Å². The third-order valence-electron chi connectivity index (χ3n) is 4.09. The molecule has 1 saturated heterocycles. The quantitative estimate of drug-likeness (QED) is 0.779. The van der Waals surface area contributed by atoms with E-state index in [0.717, 1.165) is 30.6 Å². The number of ether oxygens (including phenoxy) is 1. The van der Waals surface area contributed by atoms with Crippen molar-refractivity contribution in [2.75, 3.05) is 7.11 Å². The Kier molecular flexibility index (Phi) is 3.28. The van der Waals surface area contributed by atoms with E-state index < -0.39 is 0 Å². The summed E-state index contributed by atoms with van der Waals surface area (Å²) in [6.45, 7) is 0. The molecule has 0 saturated carbocycles. The molecule has 1 amide bonds. The molecule has 1 aromatic rings. The number of carbonyl (C=O) groups excluding carboxylic acids is 1. The Morgan fingerprint density at radius 3 is 3.11 bits per heavy atom. The van der Waals surface area contributed by atoms with Gasteiger partial charge < -0.3 is 9.64 Å². The maximum atomic E-state index is 12.5. The first-order valence-corrected chi connectivity index (χ1v) is 6.88. The second-order valence-corrected chi connectivity index (χ2v) is 5.29. The van der Waals surface area contributed by atoms with E-state index in [9.17, 15) is 4.79 Å². The summed E-state index contributed by atoms with van der Waals surface area (Å²) >= 11 is 0. The Labute approximate surface area is 113 Å². The number of hydrogen-bond acceptors (Lipinski definition) is 2. The Morgan fingerprint density at radius 2 is 2.32 bits per heavy atom. The van der Waals surface area contributed by atoms with Crippen molar-refractivity contribution in [1.29, 1.82) is 0 Å². The van der Waals surface area contributed by atoms with E-state index in [4.69, 9.17) is 4.74 Å². The van der Waals surface area contributed by atoms with Gasteiger partial charge in [0.25, 0.3) is 0 Å². The number of benzene rings is 1. The molecule has 2 bridgehead atoms. The summed E-state index contributed by atoms with van der Waals surface area (Å²) in [6, 6.07) is 8.53. The Hall–Kier alpha value is -1.77. The first-order chi connectivity index (χ1) is 9.28. The molecule has 2 unspecified atom stereocenters. The van der Waals surface area contributed by atoms with Gasteiger partial charge in [0.2, 0.25) is 5.91 Å². The third kappa shape index (κ3) is 2.37. The van der Waals surface area contributed by atoms with E-state index in [-0.39, 0.29) is 5.91 Å². The standard InChI is InChI=1S/C16H19NO2/c1-19-15-7-2-4-12(10-15)11-16(18)17-13-5-3-6-14(17)9-8-13/h2-5,7,10,13-14H,6,8-9,11H2,1H3. The molecule has 2 heterocycles. The SMILES string of the molecule is COc1cccc(CC(=O)N2C3C=CCC2CC3)c1. The lowest BCUT2D eigenvalue weighted by Gasteiger charge is -2.31. The molecule has 3 nitrogen and oxygen atoms in total. The van der Waals surface area contributed by atoms with Crippen LogP contribution in [0.3, 0.4) is 0 Å². The van der Waals surface area contributed by atoms with Crippen LogP contribution in [-0.2, 0) is 11.2 Å². The van der Waals surface area contributed by atoms with Gasteiger partial charge in [0.05, 0.1) is 19.6 Å². The van der Waals surface area contributed by atoms with Gasteiger partial charge in [-0.3, -0.25) is 4.79 Å². The number of amides is 1. The van der Waals surface area contributed by atoms with Crippen molar-refractivity contribution in [3.63, 3.8) is 0 Å². The second kappa shape index (κ2) is 5.08. The average molecular weight is 257 g/mol. The van der Waals surface area contributed by atoms with Gasteiger partial charge in [0.1, 0.15) is 5.75 Å². The highest BCUT2D eigenvalue weighted by atomic mass is 16.5. The number of hydrogen-bond donors (Lipinski definition) is 0.